The molecule has 12 nitrogen and oxygen atoms in total. The summed E-state index contributed by atoms with van der Waals surface area (Å²) in [7, 11) is 3.05. The van der Waals surface area contributed by atoms with Crippen molar-refractivity contribution in [3.05, 3.63) is 68.4 Å². The summed E-state index contributed by atoms with van der Waals surface area (Å²) in [4.78, 5) is 43.6. The van der Waals surface area contributed by atoms with Crippen molar-refractivity contribution < 1.29 is 23.8 Å². The molecule has 1 aromatic carbocycles. The monoisotopic (exact) mass is 716 g/mol. The summed E-state index contributed by atoms with van der Waals surface area (Å²) in [5.74, 6) is -0.170. The Kier molecular flexibility index (Phi) is 12.2. The molecular formula is C27H34FIN6O6S. The van der Waals surface area contributed by atoms with Crippen molar-refractivity contribution in [2.45, 2.75) is 39.3 Å². The van der Waals surface area contributed by atoms with Gasteiger partial charge in [0.1, 0.15) is 27.9 Å². The number of likely N-dealkylation sites (tertiary alicyclic amines) is 1. The van der Waals surface area contributed by atoms with E-state index in [1.165, 1.54) is 58.4 Å². The first kappa shape index (κ1) is 33.4. The van der Waals surface area contributed by atoms with Gasteiger partial charge in [-0.3, -0.25) is 18.7 Å². The first-order chi connectivity index (χ1) is 19.8. The minimum absolute atomic E-state index is 0. The molecule has 15 heteroatoms. The Bertz CT molecular complexity index is 1610. The zero-order valence-electron chi connectivity index (χ0n) is 23.6. The third kappa shape index (κ3) is 7.25. The van der Waals surface area contributed by atoms with Gasteiger partial charge in [0.25, 0.3) is 5.56 Å². The van der Waals surface area contributed by atoms with Gasteiger partial charge in [-0.25, -0.2) is 9.18 Å². The lowest BCUT2D eigenvalue weighted by Crippen LogP contribution is -2.44. The van der Waals surface area contributed by atoms with Gasteiger partial charge in [-0.05, 0) is 49.9 Å². The van der Waals surface area contributed by atoms with Gasteiger partial charge in [-0.1, -0.05) is 11.3 Å². The zero-order chi connectivity index (χ0) is 29.5. The number of aryl methyl sites for hydroxylation is 3. The Morgan fingerprint density at radius 3 is 2.40 bits per heavy atom. The summed E-state index contributed by atoms with van der Waals surface area (Å²) in [6, 6.07) is 4.21. The van der Waals surface area contributed by atoms with Gasteiger partial charge < -0.3 is 19.5 Å². The first-order valence-corrected chi connectivity index (χ1v) is 14.0. The van der Waals surface area contributed by atoms with Crippen LogP contribution >= 0.6 is 35.3 Å². The number of methoxy groups -OCH3 is 2. The quantitative estimate of drug-likeness (QED) is 0.261. The molecule has 1 aliphatic heterocycles. The molecule has 228 valence electrons. The summed E-state index contributed by atoms with van der Waals surface area (Å²) in [6.07, 6.45) is 5.15. The van der Waals surface area contributed by atoms with Crippen LogP contribution < -0.4 is 16.0 Å². The van der Waals surface area contributed by atoms with Crippen LogP contribution in [-0.2, 0) is 29.0 Å². The van der Waals surface area contributed by atoms with E-state index in [-0.39, 0.29) is 56.0 Å². The maximum absolute atomic E-state index is 13.9. The number of rotatable bonds is 9. The van der Waals surface area contributed by atoms with Crippen molar-refractivity contribution in [2.75, 3.05) is 40.5 Å². The van der Waals surface area contributed by atoms with Crippen molar-refractivity contribution in [1.82, 2.24) is 29.0 Å². The van der Waals surface area contributed by atoms with Crippen LogP contribution in [0.5, 0.6) is 5.75 Å². The lowest BCUT2D eigenvalue weighted by molar-refractivity contribution is -0.130. The van der Waals surface area contributed by atoms with Crippen molar-refractivity contribution in [3.63, 3.8) is 0 Å². The molecule has 1 aliphatic rings. The number of thiophene rings is 1. The topological polar surface area (TPSA) is 134 Å². The van der Waals surface area contributed by atoms with E-state index in [0.29, 0.717) is 51.8 Å². The molecule has 1 amide bonds. The molecule has 0 atom stereocenters. The Labute approximate surface area is 262 Å². The van der Waals surface area contributed by atoms with Gasteiger partial charge in [-0.15, -0.1) is 28.8 Å². The Balaban J connectivity index is 0.000000745. The Morgan fingerprint density at radius 2 is 1.81 bits per heavy atom. The number of carbonyl (C=O) groups excluding carboxylic acids is 1. The second kappa shape index (κ2) is 15.4. The predicted molar refractivity (Wildman–Crippen MR) is 167 cm³/mol. The van der Waals surface area contributed by atoms with Gasteiger partial charge in [0.05, 0.1) is 38.1 Å². The van der Waals surface area contributed by atoms with Crippen LogP contribution in [0.2, 0.25) is 0 Å². The average molecular weight is 717 g/mol. The molecule has 3 aromatic heterocycles. The van der Waals surface area contributed by atoms with Crippen LogP contribution in [0.1, 0.15) is 24.0 Å². The second-order valence-electron chi connectivity index (χ2n) is 9.37. The van der Waals surface area contributed by atoms with Crippen molar-refractivity contribution >= 4 is 51.4 Å². The smallest absolute Gasteiger partial charge is 0.332 e. The van der Waals surface area contributed by atoms with E-state index in [1.54, 1.807) is 18.9 Å². The van der Waals surface area contributed by atoms with Crippen LogP contribution in [0, 0.1) is 12.7 Å². The molecule has 4 aromatic rings. The average Bonchev–Trinajstić information content (AvgIpc) is 3.74. The van der Waals surface area contributed by atoms with E-state index in [2.05, 4.69) is 14.9 Å². The molecule has 0 aliphatic carbocycles. The normalized spacial score (nSPS) is 12.6. The highest BCUT2D eigenvalue weighted by atomic mass is 127. The minimum Gasteiger partial charge on any atom is -0.496 e. The lowest BCUT2D eigenvalue weighted by atomic mass is 10.1. The van der Waals surface area contributed by atoms with E-state index in [0.717, 1.165) is 17.4 Å². The number of aliphatic hydroxyl groups excluding tert-OH is 1. The maximum atomic E-state index is 13.9. The minimum atomic E-state index is -0.586. The number of aliphatic hydroxyl groups is 1. The Hall–Kier alpha value is -3.15. The molecule has 1 fully saturated rings. The summed E-state index contributed by atoms with van der Waals surface area (Å²) in [6.45, 7) is 3.40. The summed E-state index contributed by atoms with van der Waals surface area (Å²) >= 11 is 1.22. The molecule has 0 spiro atoms. The Morgan fingerprint density at radius 1 is 1.12 bits per heavy atom. The van der Waals surface area contributed by atoms with E-state index in [1.807, 2.05) is 0 Å². The largest absolute Gasteiger partial charge is 0.496 e. The van der Waals surface area contributed by atoms with Gasteiger partial charge in [-0.2, -0.15) is 10.2 Å². The number of fused-ring (bicyclic) bond motifs is 1. The van der Waals surface area contributed by atoms with E-state index in [4.69, 9.17) is 9.84 Å². The number of halogens is 2. The van der Waals surface area contributed by atoms with E-state index >= 15 is 0 Å². The molecular weight excluding hydrogens is 682 g/mol. The highest BCUT2D eigenvalue weighted by Gasteiger charge is 2.25. The molecule has 0 radical (unpaired) electrons. The van der Waals surface area contributed by atoms with Gasteiger partial charge >= 0.3 is 5.69 Å². The number of aromatic nitrogens is 5. The molecule has 0 unspecified atom stereocenters. The van der Waals surface area contributed by atoms with Crippen LogP contribution in [-0.4, -0.2) is 80.6 Å². The number of carbonyl (C=O) groups is 1. The molecule has 0 saturated carbocycles. The number of amides is 1. The molecule has 0 bridgehead atoms. The standard InChI is InChI=1S/C24H25FN6O4S.C3H8O2.HI/c1-15-20-21(33)30(14-19(32)28-10-3-4-11-28)24(34)29(23(20)36-22(15)31-26-8-9-27-31)12-7-16-13-17(25)5-6-18(16)35-2;1-5-3-2-4;/h5-6,8-9,13H,3-4,7,10-12,14H2,1-2H3;4H,2-3H2,1H3;1H. The third-order valence-electron chi connectivity index (χ3n) is 6.76. The summed E-state index contributed by atoms with van der Waals surface area (Å²) in [5.41, 5.74) is 0.104. The van der Waals surface area contributed by atoms with Gasteiger partial charge in [0.15, 0.2) is 0 Å². The zero-order valence-corrected chi connectivity index (χ0v) is 26.8. The molecule has 4 heterocycles. The predicted octanol–water partition coefficient (Wildman–Crippen LogP) is 2.37. The van der Waals surface area contributed by atoms with Crippen molar-refractivity contribution in [3.8, 4) is 10.8 Å². The summed E-state index contributed by atoms with van der Waals surface area (Å²) in [5, 5.41) is 17.2. The first-order valence-electron chi connectivity index (χ1n) is 13.1. The fourth-order valence-electron chi connectivity index (χ4n) is 4.70. The fourth-order valence-corrected chi connectivity index (χ4v) is 5.94. The molecule has 5 rings (SSSR count). The highest BCUT2D eigenvalue weighted by Crippen LogP contribution is 2.30. The van der Waals surface area contributed by atoms with Gasteiger partial charge in [0, 0.05) is 32.3 Å². The van der Waals surface area contributed by atoms with Gasteiger partial charge in [0.2, 0.25) is 5.91 Å². The number of benzene rings is 1. The molecule has 1 N–H and O–H groups in total. The van der Waals surface area contributed by atoms with Crippen molar-refractivity contribution in [2.24, 2.45) is 0 Å². The summed E-state index contributed by atoms with van der Waals surface area (Å²) < 4.78 is 26.2. The number of nitrogens with zero attached hydrogens (tertiary/aromatic N) is 6. The van der Waals surface area contributed by atoms with E-state index < -0.39 is 17.1 Å². The fraction of sp³-hybridized carbons (Fsp3) is 0.444. The second-order valence-corrected chi connectivity index (χ2v) is 10.3. The SMILES string of the molecule is COCCO.COc1ccc(F)cc1CCn1c(=O)n(CC(=O)N2CCCC2)c(=O)c2c(C)c(-n3nccn3)sc21.I. The molecule has 42 heavy (non-hydrogen) atoms. The van der Waals surface area contributed by atoms with Crippen LogP contribution in [0.4, 0.5) is 4.39 Å². The molecule has 1 saturated heterocycles. The third-order valence-corrected chi connectivity index (χ3v) is 8.04. The van der Waals surface area contributed by atoms with Crippen LogP contribution in [0.3, 0.4) is 0 Å². The lowest BCUT2D eigenvalue weighted by Gasteiger charge is -2.17. The van der Waals surface area contributed by atoms with E-state index in [9.17, 15) is 18.8 Å². The van der Waals surface area contributed by atoms with Crippen LogP contribution in [0.15, 0.2) is 40.2 Å². The number of hydrogen-bond acceptors (Lipinski definition) is 9. The highest BCUT2D eigenvalue weighted by molar-refractivity contribution is 14.0. The van der Waals surface area contributed by atoms with Crippen LogP contribution in [0.25, 0.3) is 15.2 Å². The number of ether oxygens (including phenoxy) is 2. The van der Waals surface area contributed by atoms with Crippen molar-refractivity contribution in [1.29, 1.82) is 0 Å². The maximum Gasteiger partial charge on any atom is 0.332 e. The number of hydrogen-bond donors (Lipinski definition) is 1.